The van der Waals surface area contributed by atoms with Gasteiger partial charge in [-0.15, -0.1) is 0 Å². The van der Waals surface area contributed by atoms with Crippen molar-refractivity contribution < 1.29 is 8.42 Å². The first-order valence-electron chi connectivity index (χ1n) is 8.77. The van der Waals surface area contributed by atoms with E-state index in [0.717, 1.165) is 19.6 Å². The van der Waals surface area contributed by atoms with Crippen LogP contribution in [0.2, 0.25) is 0 Å². The number of hydrogen-bond acceptors (Lipinski definition) is 5. The number of hydrogen-bond donors (Lipinski definition) is 1. The van der Waals surface area contributed by atoms with E-state index < -0.39 is 10.0 Å². The summed E-state index contributed by atoms with van der Waals surface area (Å²) in [5.74, 6) is 0.236. The quantitative estimate of drug-likeness (QED) is 0.794. The lowest BCUT2D eigenvalue weighted by Gasteiger charge is -2.22. The zero-order valence-electron chi connectivity index (χ0n) is 15.2. The number of rotatable bonds is 7. The van der Waals surface area contributed by atoms with Crippen LogP contribution in [0.15, 0.2) is 59.8 Å². The summed E-state index contributed by atoms with van der Waals surface area (Å²) in [4.78, 5) is 8.57. The van der Waals surface area contributed by atoms with Crippen molar-refractivity contribution in [3.8, 4) is 0 Å². The van der Waals surface area contributed by atoms with Gasteiger partial charge in [-0.05, 0) is 31.8 Å². The highest BCUT2D eigenvalue weighted by atomic mass is 32.2. The van der Waals surface area contributed by atoms with Crippen LogP contribution in [0, 0.1) is 5.92 Å². The van der Waals surface area contributed by atoms with Gasteiger partial charge in [0.05, 0.1) is 0 Å². The normalized spacial score (nSPS) is 21.3. The van der Waals surface area contributed by atoms with Crippen LogP contribution in [0.25, 0.3) is 0 Å². The van der Waals surface area contributed by atoms with Crippen LogP contribution < -0.4 is 4.72 Å². The summed E-state index contributed by atoms with van der Waals surface area (Å²) >= 11 is 0. The summed E-state index contributed by atoms with van der Waals surface area (Å²) in [6.45, 7) is 3.24. The van der Waals surface area contributed by atoms with Gasteiger partial charge >= 0.3 is 0 Å². The predicted octanol–water partition coefficient (Wildman–Crippen LogP) is 1.42. The third kappa shape index (κ3) is 4.88. The van der Waals surface area contributed by atoms with E-state index in [1.807, 2.05) is 32.3 Å². The van der Waals surface area contributed by atoms with E-state index in [4.69, 9.17) is 0 Å². The number of sulfonamides is 1. The smallest absolute Gasteiger partial charge is 0.242 e. The van der Waals surface area contributed by atoms with E-state index >= 15 is 0 Å². The van der Waals surface area contributed by atoms with Gasteiger partial charge in [0, 0.05) is 50.5 Å². The molecule has 1 aliphatic rings. The lowest BCUT2D eigenvalue weighted by Crippen LogP contribution is -2.43. The number of aromatic nitrogens is 1. The van der Waals surface area contributed by atoms with Crippen LogP contribution in [0.5, 0.6) is 0 Å². The first-order valence-corrected chi connectivity index (χ1v) is 10.3. The molecule has 0 bridgehead atoms. The second-order valence-corrected chi connectivity index (χ2v) is 8.83. The van der Waals surface area contributed by atoms with Gasteiger partial charge in [-0.3, -0.25) is 9.88 Å². The fraction of sp³-hybridized carbons (Fsp3) is 0.421. The second-order valence-electron chi connectivity index (χ2n) is 7.12. The molecule has 1 aromatic heterocycles. The van der Waals surface area contributed by atoms with Gasteiger partial charge in [0.2, 0.25) is 10.0 Å². The Morgan fingerprint density at radius 1 is 1.15 bits per heavy atom. The fourth-order valence-electron chi connectivity index (χ4n) is 3.49. The third-order valence-corrected chi connectivity index (χ3v) is 6.09. The number of benzene rings is 1. The molecule has 1 fully saturated rings. The summed E-state index contributed by atoms with van der Waals surface area (Å²) in [6.07, 6.45) is 2.96. The number of pyridine rings is 1. The van der Waals surface area contributed by atoms with E-state index in [-0.39, 0.29) is 16.9 Å². The Kier molecular flexibility index (Phi) is 6.03. The average Bonchev–Trinajstić information content (AvgIpc) is 2.96. The molecule has 6 nitrogen and oxygen atoms in total. The van der Waals surface area contributed by atoms with Crippen molar-refractivity contribution in [3.63, 3.8) is 0 Å². The van der Waals surface area contributed by atoms with Crippen LogP contribution in [0.1, 0.15) is 5.56 Å². The minimum Gasteiger partial charge on any atom is -0.309 e. The molecule has 0 amide bonds. The van der Waals surface area contributed by atoms with E-state index in [1.54, 1.807) is 18.3 Å². The van der Waals surface area contributed by atoms with Crippen molar-refractivity contribution in [2.45, 2.75) is 17.5 Å². The van der Waals surface area contributed by atoms with Crippen molar-refractivity contribution in [2.24, 2.45) is 5.92 Å². The molecule has 2 heterocycles. The number of likely N-dealkylation sites (tertiary alicyclic amines) is 1. The molecule has 1 aliphatic heterocycles. The Hall–Kier alpha value is -1.80. The van der Waals surface area contributed by atoms with Gasteiger partial charge in [0.15, 0.2) is 0 Å². The van der Waals surface area contributed by atoms with E-state index in [1.165, 1.54) is 11.8 Å². The second kappa shape index (κ2) is 8.26. The Morgan fingerprint density at radius 3 is 2.58 bits per heavy atom. The minimum absolute atomic E-state index is 0.119. The summed E-state index contributed by atoms with van der Waals surface area (Å²) in [6, 6.07) is 13.4. The largest absolute Gasteiger partial charge is 0.309 e. The van der Waals surface area contributed by atoms with Crippen LogP contribution in [-0.2, 0) is 16.6 Å². The molecule has 0 radical (unpaired) electrons. The molecule has 26 heavy (non-hydrogen) atoms. The van der Waals surface area contributed by atoms with Crippen LogP contribution in [-0.4, -0.2) is 63.0 Å². The lowest BCUT2D eigenvalue weighted by atomic mass is 10.0. The van der Waals surface area contributed by atoms with Crippen LogP contribution in [0.3, 0.4) is 0 Å². The molecule has 0 spiro atoms. The molecule has 7 heteroatoms. The lowest BCUT2D eigenvalue weighted by molar-refractivity contribution is 0.283. The van der Waals surface area contributed by atoms with Gasteiger partial charge in [-0.25, -0.2) is 13.1 Å². The molecule has 3 rings (SSSR count). The SMILES string of the molecule is CN(C)C[C@@H]1CN(Cc2ccccc2)C[C@H]1NS(=O)(=O)c1cccnc1. The molecule has 1 aromatic carbocycles. The first-order chi connectivity index (χ1) is 12.4. The molecular weight excluding hydrogens is 348 g/mol. The Labute approximate surface area is 155 Å². The highest BCUT2D eigenvalue weighted by molar-refractivity contribution is 7.89. The predicted molar refractivity (Wildman–Crippen MR) is 102 cm³/mol. The maximum atomic E-state index is 12.7. The summed E-state index contributed by atoms with van der Waals surface area (Å²) in [5.41, 5.74) is 1.24. The summed E-state index contributed by atoms with van der Waals surface area (Å²) in [5, 5.41) is 0. The maximum Gasteiger partial charge on any atom is 0.242 e. The Morgan fingerprint density at radius 2 is 1.92 bits per heavy atom. The molecule has 0 saturated carbocycles. The Bertz CT molecular complexity index is 797. The van der Waals surface area contributed by atoms with Crippen LogP contribution >= 0.6 is 0 Å². The molecule has 2 atom stereocenters. The van der Waals surface area contributed by atoms with E-state index in [0.29, 0.717) is 6.54 Å². The van der Waals surface area contributed by atoms with Gasteiger partial charge in [-0.2, -0.15) is 0 Å². The van der Waals surface area contributed by atoms with Crippen LogP contribution in [0.4, 0.5) is 0 Å². The highest BCUT2D eigenvalue weighted by Crippen LogP contribution is 2.22. The number of nitrogens with one attached hydrogen (secondary N) is 1. The maximum absolute atomic E-state index is 12.7. The Balaban J connectivity index is 1.73. The van der Waals surface area contributed by atoms with Crippen molar-refractivity contribution in [1.82, 2.24) is 19.5 Å². The topological polar surface area (TPSA) is 65.5 Å². The van der Waals surface area contributed by atoms with Crippen molar-refractivity contribution in [2.75, 3.05) is 33.7 Å². The molecule has 0 aliphatic carbocycles. The summed E-state index contributed by atoms with van der Waals surface area (Å²) < 4.78 is 28.3. The van der Waals surface area contributed by atoms with E-state index in [9.17, 15) is 8.42 Å². The molecule has 1 N–H and O–H groups in total. The van der Waals surface area contributed by atoms with E-state index in [2.05, 4.69) is 31.6 Å². The van der Waals surface area contributed by atoms with Gasteiger partial charge < -0.3 is 4.90 Å². The van der Waals surface area contributed by atoms with Gasteiger partial charge in [0.25, 0.3) is 0 Å². The first kappa shape index (κ1) is 19.0. The third-order valence-electron chi connectivity index (χ3n) is 4.62. The zero-order chi connectivity index (χ0) is 18.6. The molecule has 140 valence electrons. The minimum atomic E-state index is -3.57. The van der Waals surface area contributed by atoms with Gasteiger partial charge in [0.1, 0.15) is 4.90 Å². The van der Waals surface area contributed by atoms with Gasteiger partial charge in [-0.1, -0.05) is 30.3 Å². The average molecular weight is 375 g/mol. The standard InChI is InChI=1S/C19H26N4O2S/c1-22(2)13-17-14-23(12-16-7-4-3-5-8-16)15-19(17)21-26(24,25)18-9-6-10-20-11-18/h3-11,17,19,21H,12-15H2,1-2H3/t17-,19-/m1/s1. The molecule has 1 saturated heterocycles. The fourth-order valence-corrected chi connectivity index (χ4v) is 4.75. The summed E-state index contributed by atoms with van der Waals surface area (Å²) in [7, 11) is 0.474. The monoisotopic (exact) mass is 374 g/mol. The van der Waals surface area contributed by atoms with Crippen molar-refractivity contribution in [1.29, 1.82) is 0 Å². The highest BCUT2D eigenvalue weighted by Gasteiger charge is 2.35. The van der Waals surface area contributed by atoms with Crippen molar-refractivity contribution in [3.05, 3.63) is 60.4 Å². The number of nitrogens with zero attached hydrogens (tertiary/aromatic N) is 3. The molecule has 2 aromatic rings. The zero-order valence-corrected chi connectivity index (χ0v) is 16.1. The molecule has 0 unspecified atom stereocenters. The van der Waals surface area contributed by atoms with Crippen molar-refractivity contribution >= 4 is 10.0 Å². The molecular formula is C19H26N4O2S.